The lowest BCUT2D eigenvalue weighted by molar-refractivity contribution is 0.133. The van der Waals surface area contributed by atoms with Gasteiger partial charge in [0.25, 0.3) is 0 Å². The number of benzene rings is 1. The van der Waals surface area contributed by atoms with E-state index in [0.29, 0.717) is 12.3 Å². The van der Waals surface area contributed by atoms with E-state index in [4.69, 9.17) is 4.74 Å². The summed E-state index contributed by atoms with van der Waals surface area (Å²) in [6.07, 6.45) is -0.991. The average molecular weight is 215 g/mol. The molecule has 1 N–H and O–H groups in total. The molecular formula is C11H15F2NO. The van der Waals surface area contributed by atoms with E-state index >= 15 is 0 Å². The molecule has 0 spiro atoms. The lowest BCUT2D eigenvalue weighted by Gasteiger charge is -2.13. The lowest BCUT2D eigenvalue weighted by atomic mass is 10.2. The van der Waals surface area contributed by atoms with E-state index in [0.717, 1.165) is 5.56 Å². The summed E-state index contributed by atoms with van der Waals surface area (Å²) >= 11 is 0. The molecule has 0 heterocycles. The van der Waals surface area contributed by atoms with Gasteiger partial charge < -0.3 is 10.1 Å². The summed E-state index contributed by atoms with van der Waals surface area (Å²) in [5.41, 5.74) is 1.02. The van der Waals surface area contributed by atoms with Gasteiger partial charge in [-0.05, 0) is 24.7 Å². The molecule has 0 radical (unpaired) electrons. The van der Waals surface area contributed by atoms with Gasteiger partial charge in [0.05, 0.1) is 0 Å². The molecule has 0 aromatic heterocycles. The predicted molar refractivity (Wildman–Crippen MR) is 55.6 cm³/mol. The van der Waals surface area contributed by atoms with Crippen molar-refractivity contribution in [3.05, 3.63) is 29.8 Å². The number of hydrogen-bond donors (Lipinski definition) is 1. The maximum absolute atomic E-state index is 12.2. The first-order chi connectivity index (χ1) is 7.30. The van der Waals surface area contributed by atoms with Gasteiger partial charge in [0.2, 0.25) is 0 Å². The highest BCUT2D eigenvalue weighted by Crippen LogP contribution is 2.15. The van der Waals surface area contributed by atoms with Gasteiger partial charge in [0, 0.05) is 6.54 Å². The van der Waals surface area contributed by atoms with E-state index in [2.05, 4.69) is 5.32 Å². The Morgan fingerprint density at radius 1 is 1.33 bits per heavy atom. The summed E-state index contributed by atoms with van der Waals surface area (Å²) in [7, 11) is 1.83. The first-order valence-corrected chi connectivity index (χ1v) is 4.82. The van der Waals surface area contributed by atoms with Gasteiger partial charge in [-0.15, -0.1) is 0 Å². The molecular weight excluding hydrogens is 200 g/mol. The third-order valence-electron chi connectivity index (χ3n) is 1.93. The number of ether oxygens (including phenoxy) is 1. The van der Waals surface area contributed by atoms with Crippen LogP contribution in [0.25, 0.3) is 0 Å². The highest BCUT2D eigenvalue weighted by molar-refractivity contribution is 5.28. The van der Waals surface area contributed by atoms with Crippen LogP contribution in [0.2, 0.25) is 0 Å². The van der Waals surface area contributed by atoms with Crippen molar-refractivity contribution in [3.8, 4) is 5.75 Å². The standard InChI is InChI=1S/C11H15F2NO/c1-14-8-9-3-2-4-10(5-9)15-11(6-12)7-13/h2-5,11,14H,6-8H2,1H3. The highest BCUT2D eigenvalue weighted by atomic mass is 19.1. The Hall–Kier alpha value is -1.16. The third kappa shape index (κ3) is 3.83. The fraction of sp³-hybridized carbons (Fsp3) is 0.455. The zero-order valence-electron chi connectivity index (χ0n) is 8.67. The molecule has 0 aliphatic heterocycles. The van der Waals surface area contributed by atoms with E-state index in [1.807, 2.05) is 13.1 Å². The largest absolute Gasteiger partial charge is 0.485 e. The van der Waals surface area contributed by atoms with Gasteiger partial charge in [0.15, 0.2) is 6.10 Å². The average Bonchev–Trinajstić information content (AvgIpc) is 2.27. The molecule has 15 heavy (non-hydrogen) atoms. The first kappa shape index (κ1) is 11.9. The molecule has 4 heteroatoms. The molecule has 84 valence electrons. The monoisotopic (exact) mass is 215 g/mol. The summed E-state index contributed by atoms with van der Waals surface area (Å²) in [5.74, 6) is 0.503. The quantitative estimate of drug-likeness (QED) is 0.784. The van der Waals surface area contributed by atoms with Crippen molar-refractivity contribution in [1.29, 1.82) is 0 Å². The number of alkyl halides is 2. The summed E-state index contributed by atoms with van der Waals surface area (Å²) in [5, 5.41) is 2.99. The molecule has 0 amide bonds. The summed E-state index contributed by atoms with van der Waals surface area (Å²) in [6.45, 7) is -0.924. The van der Waals surface area contributed by atoms with E-state index in [1.165, 1.54) is 0 Å². The van der Waals surface area contributed by atoms with Crippen molar-refractivity contribution in [2.75, 3.05) is 20.4 Å². The summed E-state index contributed by atoms with van der Waals surface area (Å²) in [4.78, 5) is 0. The van der Waals surface area contributed by atoms with Crippen molar-refractivity contribution in [3.63, 3.8) is 0 Å². The van der Waals surface area contributed by atoms with Gasteiger partial charge in [-0.3, -0.25) is 0 Å². The summed E-state index contributed by atoms with van der Waals surface area (Å²) in [6, 6.07) is 7.19. The van der Waals surface area contributed by atoms with Crippen LogP contribution in [0.15, 0.2) is 24.3 Å². The Morgan fingerprint density at radius 3 is 2.67 bits per heavy atom. The van der Waals surface area contributed by atoms with Crippen molar-refractivity contribution in [2.24, 2.45) is 0 Å². The molecule has 0 saturated heterocycles. The number of halogens is 2. The van der Waals surface area contributed by atoms with E-state index in [9.17, 15) is 8.78 Å². The van der Waals surface area contributed by atoms with Crippen molar-refractivity contribution in [2.45, 2.75) is 12.6 Å². The van der Waals surface area contributed by atoms with E-state index < -0.39 is 19.5 Å². The minimum atomic E-state index is -0.991. The molecule has 1 rings (SSSR count). The zero-order chi connectivity index (χ0) is 11.1. The molecule has 0 saturated carbocycles. The summed E-state index contributed by atoms with van der Waals surface area (Å²) < 4.78 is 29.6. The molecule has 0 unspecified atom stereocenters. The third-order valence-corrected chi connectivity index (χ3v) is 1.93. The molecule has 0 aliphatic carbocycles. The lowest BCUT2D eigenvalue weighted by Crippen LogP contribution is -2.21. The normalized spacial score (nSPS) is 10.7. The van der Waals surface area contributed by atoms with Crippen LogP contribution >= 0.6 is 0 Å². The number of hydrogen-bond acceptors (Lipinski definition) is 2. The smallest absolute Gasteiger partial charge is 0.155 e. The van der Waals surface area contributed by atoms with Crippen molar-refractivity contribution >= 4 is 0 Å². The second-order valence-corrected chi connectivity index (χ2v) is 3.23. The Morgan fingerprint density at radius 2 is 2.07 bits per heavy atom. The molecule has 0 bridgehead atoms. The van der Waals surface area contributed by atoms with Crippen LogP contribution < -0.4 is 10.1 Å². The molecule has 1 aromatic rings. The second-order valence-electron chi connectivity index (χ2n) is 3.23. The Kier molecular flexibility index (Phi) is 5.04. The maximum Gasteiger partial charge on any atom is 0.155 e. The minimum absolute atomic E-state index is 0.503. The van der Waals surface area contributed by atoms with Crippen LogP contribution in [0, 0.1) is 0 Å². The van der Waals surface area contributed by atoms with Gasteiger partial charge in [-0.25, -0.2) is 8.78 Å². The van der Waals surface area contributed by atoms with Crippen molar-refractivity contribution < 1.29 is 13.5 Å². The van der Waals surface area contributed by atoms with Gasteiger partial charge in [-0.2, -0.15) is 0 Å². The topological polar surface area (TPSA) is 21.3 Å². The zero-order valence-corrected chi connectivity index (χ0v) is 8.67. The van der Waals surface area contributed by atoms with Crippen LogP contribution in [-0.2, 0) is 6.54 Å². The predicted octanol–water partition coefficient (Wildman–Crippen LogP) is 2.09. The van der Waals surface area contributed by atoms with Crippen LogP contribution in [0.1, 0.15) is 5.56 Å². The molecule has 0 fully saturated rings. The number of rotatable bonds is 6. The van der Waals surface area contributed by atoms with Crippen LogP contribution in [0.3, 0.4) is 0 Å². The van der Waals surface area contributed by atoms with Gasteiger partial charge in [-0.1, -0.05) is 12.1 Å². The van der Waals surface area contributed by atoms with Crippen LogP contribution in [0.5, 0.6) is 5.75 Å². The Balaban J connectivity index is 2.64. The molecule has 2 nitrogen and oxygen atoms in total. The van der Waals surface area contributed by atoms with Gasteiger partial charge in [0.1, 0.15) is 19.1 Å². The Bertz CT molecular complexity index is 290. The fourth-order valence-electron chi connectivity index (χ4n) is 1.23. The fourth-order valence-corrected chi connectivity index (χ4v) is 1.23. The Labute approximate surface area is 88.3 Å². The van der Waals surface area contributed by atoms with Crippen LogP contribution in [-0.4, -0.2) is 26.5 Å². The van der Waals surface area contributed by atoms with Crippen LogP contribution in [0.4, 0.5) is 8.78 Å². The molecule has 0 atom stereocenters. The van der Waals surface area contributed by atoms with E-state index in [1.54, 1.807) is 18.2 Å². The van der Waals surface area contributed by atoms with Crippen molar-refractivity contribution in [1.82, 2.24) is 5.32 Å². The van der Waals surface area contributed by atoms with Gasteiger partial charge >= 0.3 is 0 Å². The highest BCUT2D eigenvalue weighted by Gasteiger charge is 2.09. The molecule has 0 aliphatic rings. The first-order valence-electron chi connectivity index (χ1n) is 4.82. The van der Waals surface area contributed by atoms with E-state index in [-0.39, 0.29) is 0 Å². The number of nitrogens with one attached hydrogen (secondary N) is 1. The molecule has 1 aromatic carbocycles. The second kappa shape index (κ2) is 6.35. The SMILES string of the molecule is CNCc1cccc(OC(CF)CF)c1. The maximum atomic E-state index is 12.2. The minimum Gasteiger partial charge on any atom is -0.485 e.